The lowest BCUT2D eigenvalue weighted by molar-refractivity contribution is -0.135. The number of hydrogen-bond donors (Lipinski definition) is 1. The van der Waals surface area contributed by atoms with Gasteiger partial charge < -0.3 is 10.5 Å². The van der Waals surface area contributed by atoms with Gasteiger partial charge in [0, 0.05) is 6.54 Å². The highest BCUT2D eigenvalue weighted by Gasteiger charge is 2.17. The highest BCUT2D eigenvalue weighted by molar-refractivity contribution is 5.79. The monoisotopic (exact) mass is 255 g/mol. The Hall–Kier alpha value is -2.13. The van der Waals surface area contributed by atoms with Crippen LogP contribution in [0.15, 0.2) is 54.6 Å². The first-order valence-corrected chi connectivity index (χ1v) is 6.26. The standard InChI is InChI=1S/C16H17NO2/c1-12(14-7-5-6-13(10-14)11-17)16(18)19-15-8-3-2-4-9-15/h2-10,12H,11,17H2,1H3. The fraction of sp³-hybridized carbons (Fsp3) is 0.188. The van der Waals surface area contributed by atoms with Crippen molar-refractivity contribution >= 4 is 5.97 Å². The topological polar surface area (TPSA) is 52.3 Å². The number of hydrogen-bond acceptors (Lipinski definition) is 3. The molecule has 2 rings (SSSR count). The van der Waals surface area contributed by atoms with E-state index < -0.39 is 0 Å². The van der Waals surface area contributed by atoms with Crippen molar-refractivity contribution < 1.29 is 9.53 Å². The third-order valence-electron chi connectivity index (χ3n) is 3.00. The summed E-state index contributed by atoms with van der Waals surface area (Å²) < 4.78 is 5.33. The van der Waals surface area contributed by atoms with Crippen LogP contribution in [0.1, 0.15) is 24.0 Å². The van der Waals surface area contributed by atoms with E-state index in [0.717, 1.165) is 11.1 Å². The van der Waals surface area contributed by atoms with Gasteiger partial charge in [-0.05, 0) is 30.2 Å². The van der Waals surface area contributed by atoms with Crippen LogP contribution in [0, 0.1) is 0 Å². The van der Waals surface area contributed by atoms with Crippen LogP contribution in [0.25, 0.3) is 0 Å². The summed E-state index contributed by atoms with van der Waals surface area (Å²) in [6.45, 7) is 2.30. The number of nitrogens with two attached hydrogens (primary N) is 1. The number of carbonyl (C=O) groups is 1. The predicted molar refractivity (Wildman–Crippen MR) is 74.8 cm³/mol. The molecule has 0 fully saturated rings. The first-order valence-electron chi connectivity index (χ1n) is 6.26. The summed E-state index contributed by atoms with van der Waals surface area (Å²) in [6.07, 6.45) is 0. The summed E-state index contributed by atoms with van der Waals surface area (Å²) in [7, 11) is 0. The van der Waals surface area contributed by atoms with Gasteiger partial charge in [-0.25, -0.2) is 0 Å². The van der Waals surface area contributed by atoms with Crippen LogP contribution in [0.5, 0.6) is 5.75 Å². The lowest BCUT2D eigenvalue weighted by Gasteiger charge is -2.12. The SMILES string of the molecule is CC(C(=O)Oc1ccccc1)c1cccc(CN)c1. The van der Waals surface area contributed by atoms with Crippen molar-refractivity contribution in [2.45, 2.75) is 19.4 Å². The van der Waals surface area contributed by atoms with Gasteiger partial charge in [0.1, 0.15) is 5.75 Å². The molecule has 3 heteroatoms. The van der Waals surface area contributed by atoms with Crippen LogP contribution >= 0.6 is 0 Å². The van der Waals surface area contributed by atoms with E-state index in [0.29, 0.717) is 12.3 Å². The molecule has 0 saturated carbocycles. The second-order valence-corrected chi connectivity index (χ2v) is 4.40. The van der Waals surface area contributed by atoms with Crippen molar-refractivity contribution in [3.05, 3.63) is 65.7 Å². The fourth-order valence-electron chi connectivity index (χ4n) is 1.82. The second-order valence-electron chi connectivity index (χ2n) is 4.40. The molecule has 1 unspecified atom stereocenters. The van der Waals surface area contributed by atoms with Gasteiger partial charge in [0.2, 0.25) is 0 Å². The fourth-order valence-corrected chi connectivity index (χ4v) is 1.82. The van der Waals surface area contributed by atoms with Gasteiger partial charge in [0.15, 0.2) is 0 Å². The molecular weight excluding hydrogens is 238 g/mol. The van der Waals surface area contributed by atoms with Gasteiger partial charge in [0.25, 0.3) is 0 Å². The molecule has 0 saturated heterocycles. The minimum absolute atomic E-state index is 0.264. The number of esters is 1. The lowest BCUT2D eigenvalue weighted by Crippen LogP contribution is -2.16. The van der Waals surface area contributed by atoms with E-state index in [1.54, 1.807) is 12.1 Å². The third kappa shape index (κ3) is 3.42. The Morgan fingerprint density at radius 2 is 1.89 bits per heavy atom. The molecule has 98 valence electrons. The molecule has 0 heterocycles. The van der Waals surface area contributed by atoms with Crippen LogP contribution in [-0.4, -0.2) is 5.97 Å². The van der Waals surface area contributed by atoms with Crippen LogP contribution in [0.3, 0.4) is 0 Å². The maximum absolute atomic E-state index is 12.1. The molecule has 0 aliphatic carbocycles. The highest BCUT2D eigenvalue weighted by atomic mass is 16.5. The average Bonchev–Trinajstić information content (AvgIpc) is 2.47. The molecule has 2 N–H and O–H groups in total. The Kier molecular flexibility index (Phi) is 4.31. The normalized spacial score (nSPS) is 11.9. The summed E-state index contributed by atoms with van der Waals surface area (Å²) in [6, 6.07) is 16.8. The minimum atomic E-state index is -0.313. The Bertz CT molecular complexity index is 552. The summed E-state index contributed by atoms with van der Waals surface area (Å²) in [5, 5.41) is 0. The van der Waals surface area contributed by atoms with Crippen LogP contribution < -0.4 is 10.5 Å². The Morgan fingerprint density at radius 1 is 1.16 bits per heavy atom. The molecule has 0 amide bonds. The van der Waals surface area contributed by atoms with Crippen molar-refractivity contribution in [1.29, 1.82) is 0 Å². The number of carbonyl (C=O) groups excluding carboxylic acids is 1. The average molecular weight is 255 g/mol. The molecule has 2 aromatic rings. The number of rotatable bonds is 4. The van der Waals surface area contributed by atoms with Gasteiger partial charge in [-0.15, -0.1) is 0 Å². The predicted octanol–water partition coefficient (Wildman–Crippen LogP) is 2.85. The molecular formula is C16H17NO2. The van der Waals surface area contributed by atoms with E-state index in [1.807, 2.05) is 49.4 Å². The number of ether oxygens (including phenoxy) is 1. The maximum atomic E-state index is 12.1. The Labute approximate surface area is 113 Å². The maximum Gasteiger partial charge on any atom is 0.318 e. The number of benzene rings is 2. The molecule has 0 spiro atoms. The summed E-state index contributed by atoms with van der Waals surface area (Å²) in [5.41, 5.74) is 7.53. The second kappa shape index (κ2) is 6.16. The lowest BCUT2D eigenvalue weighted by atomic mass is 9.99. The van der Waals surface area contributed by atoms with Crippen molar-refractivity contribution in [2.24, 2.45) is 5.73 Å². The quantitative estimate of drug-likeness (QED) is 0.675. The molecule has 2 aromatic carbocycles. The molecule has 0 aromatic heterocycles. The Balaban J connectivity index is 2.10. The van der Waals surface area contributed by atoms with Crippen molar-refractivity contribution in [1.82, 2.24) is 0 Å². The highest BCUT2D eigenvalue weighted by Crippen LogP contribution is 2.20. The molecule has 0 aliphatic heterocycles. The van der Waals surface area contributed by atoms with Crippen LogP contribution in [0.2, 0.25) is 0 Å². The van der Waals surface area contributed by atoms with Crippen molar-refractivity contribution in [3.63, 3.8) is 0 Å². The minimum Gasteiger partial charge on any atom is -0.426 e. The van der Waals surface area contributed by atoms with E-state index in [9.17, 15) is 4.79 Å². The van der Waals surface area contributed by atoms with Crippen molar-refractivity contribution in [2.75, 3.05) is 0 Å². The van der Waals surface area contributed by atoms with Crippen molar-refractivity contribution in [3.8, 4) is 5.75 Å². The number of para-hydroxylation sites is 1. The molecule has 19 heavy (non-hydrogen) atoms. The summed E-state index contributed by atoms with van der Waals surface area (Å²) >= 11 is 0. The third-order valence-corrected chi connectivity index (χ3v) is 3.00. The summed E-state index contributed by atoms with van der Waals surface area (Å²) in [5.74, 6) is -0.0126. The van der Waals surface area contributed by atoms with Gasteiger partial charge in [0.05, 0.1) is 5.92 Å². The molecule has 0 aliphatic rings. The molecule has 3 nitrogen and oxygen atoms in total. The molecule has 0 radical (unpaired) electrons. The van der Waals surface area contributed by atoms with E-state index in [4.69, 9.17) is 10.5 Å². The van der Waals surface area contributed by atoms with E-state index in [-0.39, 0.29) is 11.9 Å². The van der Waals surface area contributed by atoms with Crippen LogP contribution in [-0.2, 0) is 11.3 Å². The zero-order chi connectivity index (χ0) is 13.7. The van der Waals surface area contributed by atoms with E-state index in [1.165, 1.54) is 0 Å². The molecule has 1 atom stereocenters. The largest absolute Gasteiger partial charge is 0.426 e. The first-order chi connectivity index (χ1) is 9.20. The molecule has 0 bridgehead atoms. The zero-order valence-corrected chi connectivity index (χ0v) is 10.9. The zero-order valence-electron chi connectivity index (χ0n) is 10.9. The van der Waals surface area contributed by atoms with Crippen LogP contribution in [0.4, 0.5) is 0 Å². The van der Waals surface area contributed by atoms with Gasteiger partial charge in [-0.2, -0.15) is 0 Å². The smallest absolute Gasteiger partial charge is 0.318 e. The van der Waals surface area contributed by atoms with E-state index in [2.05, 4.69) is 0 Å². The first kappa shape index (κ1) is 13.3. The van der Waals surface area contributed by atoms with Gasteiger partial charge >= 0.3 is 5.97 Å². The summed E-state index contributed by atoms with van der Waals surface area (Å²) in [4.78, 5) is 12.1. The van der Waals surface area contributed by atoms with E-state index >= 15 is 0 Å². The Morgan fingerprint density at radius 3 is 2.58 bits per heavy atom. The van der Waals surface area contributed by atoms with Gasteiger partial charge in [-0.3, -0.25) is 4.79 Å². The van der Waals surface area contributed by atoms with Gasteiger partial charge in [-0.1, -0.05) is 42.5 Å².